The van der Waals surface area contributed by atoms with E-state index in [2.05, 4.69) is 26.5 Å². The van der Waals surface area contributed by atoms with Crippen molar-refractivity contribution in [3.63, 3.8) is 0 Å². The lowest BCUT2D eigenvalue weighted by Crippen LogP contribution is -2.37. The lowest BCUT2D eigenvalue weighted by molar-refractivity contribution is -0.141. The van der Waals surface area contributed by atoms with Crippen molar-refractivity contribution in [1.29, 1.82) is 0 Å². The van der Waals surface area contributed by atoms with E-state index >= 15 is 0 Å². The van der Waals surface area contributed by atoms with E-state index in [9.17, 15) is 9.59 Å². The van der Waals surface area contributed by atoms with Crippen LogP contribution in [-0.4, -0.2) is 29.0 Å². The minimum Gasteiger partial charge on any atom is -0.282 e. The summed E-state index contributed by atoms with van der Waals surface area (Å²) in [7, 11) is 0. The number of carbonyl (C=O) groups is 2. The molecule has 2 fully saturated rings. The fourth-order valence-corrected chi connectivity index (χ4v) is 3.92. The number of hydrogen-bond donors (Lipinski definition) is 1. The second-order valence-electron chi connectivity index (χ2n) is 6.08. The highest BCUT2D eigenvalue weighted by Gasteiger charge is 2.52. The van der Waals surface area contributed by atoms with E-state index in [1.807, 2.05) is 0 Å². The lowest BCUT2D eigenvalue weighted by atomic mass is 10.00. The average molecular weight is 283 g/mol. The fraction of sp³-hybridized carbons (Fsp3) is 0.867. The van der Waals surface area contributed by atoms with Gasteiger partial charge in [-0.25, -0.2) is 0 Å². The quantitative estimate of drug-likeness (QED) is 0.601. The van der Waals surface area contributed by atoms with E-state index in [1.54, 1.807) is 0 Å². The van der Waals surface area contributed by atoms with Gasteiger partial charge in [-0.3, -0.25) is 14.5 Å². The summed E-state index contributed by atoms with van der Waals surface area (Å²) in [4.78, 5) is 26.3. The second kappa shape index (κ2) is 6.29. The summed E-state index contributed by atoms with van der Waals surface area (Å²) >= 11 is 4.34. The van der Waals surface area contributed by atoms with Crippen molar-refractivity contribution in [3.8, 4) is 0 Å². The van der Waals surface area contributed by atoms with Crippen LogP contribution in [-0.2, 0) is 9.59 Å². The van der Waals surface area contributed by atoms with Gasteiger partial charge < -0.3 is 0 Å². The number of nitrogens with zero attached hydrogens (tertiary/aromatic N) is 1. The summed E-state index contributed by atoms with van der Waals surface area (Å²) in [6.45, 7) is 4.86. The highest BCUT2D eigenvalue weighted by atomic mass is 32.1. The van der Waals surface area contributed by atoms with Crippen LogP contribution in [0.4, 0.5) is 0 Å². The number of amides is 2. The first-order valence-corrected chi connectivity index (χ1v) is 8.21. The zero-order valence-electron chi connectivity index (χ0n) is 12.0. The van der Waals surface area contributed by atoms with Crippen molar-refractivity contribution < 1.29 is 9.59 Å². The number of hydrogen-bond acceptors (Lipinski definition) is 3. The normalized spacial score (nSPS) is 31.9. The van der Waals surface area contributed by atoms with Crippen LogP contribution in [0, 0.1) is 23.7 Å². The molecule has 2 rings (SSSR count). The molecular formula is C15H25NO2S. The molecule has 2 aliphatic rings. The average Bonchev–Trinajstić information content (AvgIpc) is 2.93. The Hall–Kier alpha value is -0.510. The number of rotatable bonds is 6. The highest BCUT2D eigenvalue weighted by Crippen LogP contribution is 2.44. The number of thiol groups is 1. The van der Waals surface area contributed by atoms with Gasteiger partial charge in [0.15, 0.2) is 0 Å². The molecule has 1 heterocycles. The van der Waals surface area contributed by atoms with Crippen LogP contribution in [0.15, 0.2) is 0 Å². The van der Waals surface area contributed by atoms with Crippen LogP contribution >= 0.6 is 12.6 Å². The van der Waals surface area contributed by atoms with E-state index < -0.39 is 0 Å². The Kier molecular flexibility index (Phi) is 4.93. The molecule has 19 heavy (non-hydrogen) atoms. The summed E-state index contributed by atoms with van der Waals surface area (Å²) in [5.41, 5.74) is 0. The molecule has 3 atom stereocenters. The smallest absolute Gasteiger partial charge is 0.233 e. The number of imide groups is 1. The van der Waals surface area contributed by atoms with E-state index in [4.69, 9.17) is 0 Å². The molecule has 2 amide bonds. The van der Waals surface area contributed by atoms with E-state index in [-0.39, 0.29) is 23.7 Å². The third kappa shape index (κ3) is 2.83. The maximum absolute atomic E-state index is 12.4. The minimum atomic E-state index is -0.0142. The third-order valence-electron chi connectivity index (χ3n) is 4.80. The lowest BCUT2D eigenvalue weighted by Gasteiger charge is -2.22. The molecular weight excluding hydrogens is 258 g/mol. The Balaban J connectivity index is 2.02. The molecule has 0 aromatic carbocycles. The van der Waals surface area contributed by atoms with Crippen LogP contribution in [0.2, 0.25) is 0 Å². The summed E-state index contributed by atoms with van der Waals surface area (Å²) in [5.74, 6) is 1.82. The van der Waals surface area contributed by atoms with Gasteiger partial charge in [-0.15, -0.1) is 0 Å². The number of carbonyl (C=O) groups excluding carboxylic acids is 2. The predicted octanol–water partition coefficient (Wildman–Crippen LogP) is 2.75. The zero-order chi connectivity index (χ0) is 14.0. The van der Waals surface area contributed by atoms with Crippen molar-refractivity contribution in [2.45, 2.75) is 46.0 Å². The SMILES string of the molecule is CCCC(CS)CN1C(=O)C2CC(CC)CC2C1=O. The molecule has 4 heteroatoms. The van der Waals surface area contributed by atoms with Gasteiger partial charge in [0.2, 0.25) is 11.8 Å². The molecule has 3 unspecified atom stereocenters. The zero-order valence-corrected chi connectivity index (χ0v) is 12.9. The van der Waals surface area contributed by atoms with Gasteiger partial charge in [-0.1, -0.05) is 26.7 Å². The van der Waals surface area contributed by atoms with E-state index in [1.165, 1.54) is 4.90 Å². The van der Waals surface area contributed by atoms with Crippen molar-refractivity contribution in [2.24, 2.45) is 23.7 Å². The minimum absolute atomic E-state index is 0.0142. The Labute approximate surface area is 121 Å². The van der Waals surface area contributed by atoms with Crippen molar-refractivity contribution in [2.75, 3.05) is 12.3 Å². The standard InChI is InChI=1S/C15H25NO2S/c1-3-5-11(9-19)8-16-14(17)12-6-10(4-2)7-13(12)15(16)18/h10-13,19H,3-9H2,1-2H3. The maximum Gasteiger partial charge on any atom is 0.233 e. The van der Waals surface area contributed by atoms with Crippen molar-refractivity contribution in [3.05, 3.63) is 0 Å². The van der Waals surface area contributed by atoms with Crippen LogP contribution in [0.3, 0.4) is 0 Å². The first-order chi connectivity index (χ1) is 9.12. The summed E-state index contributed by atoms with van der Waals surface area (Å²) in [6.07, 6.45) is 5.03. The van der Waals surface area contributed by atoms with Crippen LogP contribution < -0.4 is 0 Å². The molecule has 1 saturated carbocycles. The summed E-state index contributed by atoms with van der Waals surface area (Å²) < 4.78 is 0. The Bertz CT molecular complexity index is 334. The molecule has 1 aliphatic heterocycles. The van der Waals surface area contributed by atoms with Crippen molar-refractivity contribution in [1.82, 2.24) is 4.90 Å². The van der Waals surface area contributed by atoms with Crippen LogP contribution in [0.1, 0.15) is 46.0 Å². The topological polar surface area (TPSA) is 37.4 Å². The molecule has 0 bridgehead atoms. The Morgan fingerprint density at radius 1 is 1.21 bits per heavy atom. The molecule has 0 N–H and O–H groups in total. The van der Waals surface area contributed by atoms with Crippen LogP contribution in [0.5, 0.6) is 0 Å². The molecule has 0 spiro atoms. The van der Waals surface area contributed by atoms with Gasteiger partial charge in [0.25, 0.3) is 0 Å². The maximum atomic E-state index is 12.4. The largest absolute Gasteiger partial charge is 0.282 e. The molecule has 1 saturated heterocycles. The van der Waals surface area contributed by atoms with Gasteiger partial charge in [0, 0.05) is 6.54 Å². The van der Waals surface area contributed by atoms with Crippen LogP contribution in [0.25, 0.3) is 0 Å². The summed E-state index contributed by atoms with van der Waals surface area (Å²) in [5, 5.41) is 0. The van der Waals surface area contributed by atoms with Gasteiger partial charge in [0.1, 0.15) is 0 Å². The Morgan fingerprint density at radius 2 is 1.79 bits per heavy atom. The van der Waals surface area contributed by atoms with Gasteiger partial charge >= 0.3 is 0 Å². The van der Waals surface area contributed by atoms with E-state index in [0.29, 0.717) is 18.4 Å². The van der Waals surface area contributed by atoms with Gasteiger partial charge in [-0.2, -0.15) is 12.6 Å². The molecule has 3 nitrogen and oxygen atoms in total. The molecule has 0 aromatic rings. The van der Waals surface area contributed by atoms with Gasteiger partial charge in [-0.05, 0) is 36.9 Å². The first-order valence-electron chi connectivity index (χ1n) is 7.58. The Morgan fingerprint density at radius 3 is 2.21 bits per heavy atom. The fourth-order valence-electron chi connectivity index (χ4n) is 3.62. The molecule has 0 aromatic heterocycles. The van der Waals surface area contributed by atoms with Gasteiger partial charge in [0.05, 0.1) is 11.8 Å². The predicted molar refractivity (Wildman–Crippen MR) is 79.0 cm³/mol. The molecule has 108 valence electrons. The molecule has 1 aliphatic carbocycles. The molecule has 0 radical (unpaired) electrons. The van der Waals surface area contributed by atoms with E-state index in [0.717, 1.165) is 37.9 Å². The highest BCUT2D eigenvalue weighted by molar-refractivity contribution is 7.80. The van der Waals surface area contributed by atoms with Crippen molar-refractivity contribution >= 4 is 24.4 Å². The summed E-state index contributed by atoms with van der Waals surface area (Å²) in [6, 6.07) is 0. The number of fused-ring (bicyclic) bond motifs is 1. The number of likely N-dealkylation sites (tertiary alicyclic amines) is 1. The second-order valence-corrected chi connectivity index (χ2v) is 6.45. The third-order valence-corrected chi connectivity index (χ3v) is 5.32. The monoisotopic (exact) mass is 283 g/mol. The first kappa shape index (κ1) is 14.9.